The quantitative estimate of drug-likeness (QED) is 0.702. The van der Waals surface area contributed by atoms with Gasteiger partial charge in [0.15, 0.2) is 0 Å². The first-order chi connectivity index (χ1) is 9.06. The lowest BCUT2D eigenvalue weighted by atomic mass is 10.2. The Kier molecular flexibility index (Phi) is 3.66. The van der Waals surface area contributed by atoms with E-state index in [0.717, 1.165) is 0 Å². The highest BCUT2D eigenvalue weighted by atomic mass is 16.3. The fraction of sp³-hybridized carbons (Fsp3) is 0.417. The molecule has 0 aromatic carbocycles. The molecule has 0 saturated carbocycles. The van der Waals surface area contributed by atoms with E-state index in [2.05, 4.69) is 11.7 Å². The van der Waals surface area contributed by atoms with Crippen LogP contribution < -0.4 is 5.73 Å². The topological polar surface area (TPSA) is 101 Å². The Labute approximate surface area is 110 Å². The van der Waals surface area contributed by atoms with Crippen LogP contribution >= 0.6 is 0 Å². The highest BCUT2D eigenvalue weighted by Gasteiger charge is 2.35. The maximum absolute atomic E-state index is 11.7. The maximum Gasteiger partial charge on any atom is 0.251 e. The number of likely N-dealkylation sites (tertiary alicyclic amines) is 1. The second kappa shape index (κ2) is 5.23. The smallest absolute Gasteiger partial charge is 0.251 e. The van der Waals surface area contributed by atoms with Crippen LogP contribution in [0.2, 0.25) is 0 Å². The minimum atomic E-state index is -0.540. The standard InChI is InChI=1S/C12H16N4O3/c1-2-11(18)15-6-9(3-10(15)7-17)16-5-8(4-14-16)12(13)19/h2,4-5,9-10,17H,1,3,6-7H2,(H2,13,19)/t9-,10+/m0/s1. The number of nitrogens with two attached hydrogens (primary N) is 1. The van der Waals surface area contributed by atoms with Gasteiger partial charge in [-0.05, 0) is 12.5 Å². The van der Waals surface area contributed by atoms with Crippen molar-refractivity contribution in [2.45, 2.75) is 18.5 Å². The van der Waals surface area contributed by atoms with Crippen molar-refractivity contribution in [2.24, 2.45) is 5.73 Å². The van der Waals surface area contributed by atoms with Crippen LogP contribution in [0.5, 0.6) is 0 Å². The Morgan fingerprint density at radius 3 is 2.89 bits per heavy atom. The van der Waals surface area contributed by atoms with Crippen LogP contribution in [0.25, 0.3) is 0 Å². The number of carbonyl (C=O) groups excluding carboxylic acids is 2. The minimum Gasteiger partial charge on any atom is -0.394 e. The molecule has 0 spiro atoms. The van der Waals surface area contributed by atoms with Crippen molar-refractivity contribution in [1.82, 2.24) is 14.7 Å². The van der Waals surface area contributed by atoms with Gasteiger partial charge in [-0.25, -0.2) is 0 Å². The van der Waals surface area contributed by atoms with E-state index in [1.54, 1.807) is 15.8 Å². The number of rotatable bonds is 4. The summed E-state index contributed by atoms with van der Waals surface area (Å²) in [5, 5.41) is 13.4. The zero-order chi connectivity index (χ0) is 14.0. The number of nitrogens with zero attached hydrogens (tertiary/aromatic N) is 3. The average molecular weight is 264 g/mol. The zero-order valence-corrected chi connectivity index (χ0v) is 10.4. The van der Waals surface area contributed by atoms with Crippen LogP contribution in [-0.4, -0.2) is 50.8 Å². The monoisotopic (exact) mass is 264 g/mol. The molecular formula is C12H16N4O3. The van der Waals surface area contributed by atoms with Gasteiger partial charge in [0.05, 0.1) is 30.5 Å². The Morgan fingerprint density at radius 2 is 2.37 bits per heavy atom. The number of amides is 2. The maximum atomic E-state index is 11.7. The molecular weight excluding hydrogens is 248 g/mol. The molecule has 19 heavy (non-hydrogen) atoms. The molecule has 2 heterocycles. The van der Waals surface area contributed by atoms with Gasteiger partial charge in [0, 0.05) is 12.7 Å². The van der Waals surface area contributed by atoms with Crippen molar-refractivity contribution >= 4 is 11.8 Å². The third-order valence-electron chi connectivity index (χ3n) is 3.32. The molecule has 0 radical (unpaired) electrons. The van der Waals surface area contributed by atoms with E-state index in [1.807, 2.05) is 0 Å². The molecule has 1 aliphatic heterocycles. The van der Waals surface area contributed by atoms with Crippen LogP contribution in [0.4, 0.5) is 0 Å². The van der Waals surface area contributed by atoms with Gasteiger partial charge >= 0.3 is 0 Å². The first kappa shape index (κ1) is 13.3. The molecule has 0 aliphatic carbocycles. The third kappa shape index (κ3) is 2.50. The van der Waals surface area contributed by atoms with Crippen LogP contribution in [-0.2, 0) is 4.79 Å². The normalized spacial score (nSPS) is 22.5. The number of aliphatic hydroxyl groups excluding tert-OH is 1. The van der Waals surface area contributed by atoms with Gasteiger partial charge < -0.3 is 15.7 Å². The Morgan fingerprint density at radius 1 is 1.63 bits per heavy atom. The van der Waals surface area contributed by atoms with Crippen molar-refractivity contribution in [2.75, 3.05) is 13.2 Å². The van der Waals surface area contributed by atoms with Crippen LogP contribution in [0.1, 0.15) is 22.8 Å². The Balaban J connectivity index is 2.16. The van der Waals surface area contributed by atoms with Crippen LogP contribution in [0.15, 0.2) is 25.0 Å². The molecule has 1 saturated heterocycles. The van der Waals surface area contributed by atoms with Crippen LogP contribution in [0.3, 0.4) is 0 Å². The molecule has 1 fully saturated rings. The number of aromatic nitrogens is 2. The highest BCUT2D eigenvalue weighted by molar-refractivity contribution is 5.92. The molecule has 1 aromatic heterocycles. The molecule has 2 rings (SSSR count). The predicted molar refractivity (Wildman–Crippen MR) is 67.2 cm³/mol. The van der Waals surface area contributed by atoms with E-state index in [1.165, 1.54) is 12.3 Å². The summed E-state index contributed by atoms with van der Waals surface area (Å²) < 4.78 is 1.61. The van der Waals surface area contributed by atoms with E-state index >= 15 is 0 Å². The van der Waals surface area contributed by atoms with Crippen molar-refractivity contribution in [3.8, 4) is 0 Å². The number of aliphatic hydroxyl groups is 1. The average Bonchev–Trinajstić information content (AvgIpc) is 3.03. The zero-order valence-electron chi connectivity index (χ0n) is 10.4. The lowest BCUT2D eigenvalue weighted by Gasteiger charge is -2.20. The number of carbonyl (C=O) groups is 2. The summed E-state index contributed by atoms with van der Waals surface area (Å²) in [6.07, 6.45) is 4.76. The third-order valence-corrected chi connectivity index (χ3v) is 3.32. The molecule has 7 nitrogen and oxygen atoms in total. The summed E-state index contributed by atoms with van der Waals surface area (Å²) in [7, 11) is 0. The summed E-state index contributed by atoms with van der Waals surface area (Å²) in [4.78, 5) is 24.2. The second-order valence-electron chi connectivity index (χ2n) is 4.49. The molecule has 102 valence electrons. The summed E-state index contributed by atoms with van der Waals surface area (Å²) in [5.74, 6) is -0.759. The van der Waals surface area contributed by atoms with Gasteiger partial charge in [-0.2, -0.15) is 5.10 Å². The van der Waals surface area contributed by atoms with Gasteiger partial charge in [-0.3, -0.25) is 14.3 Å². The molecule has 2 atom stereocenters. The van der Waals surface area contributed by atoms with Gasteiger partial charge in [-0.15, -0.1) is 0 Å². The molecule has 1 aliphatic rings. The molecule has 0 unspecified atom stereocenters. The highest BCUT2D eigenvalue weighted by Crippen LogP contribution is 2.27. The molecule has 2 amide bonds. The van der Waals surface area contributed by atoms with E-state index in [9.17, 15) is 14.7 Å². The fourth-order valence-electron chi connectivity index (χ4n) is 2.31. The Hall–Kier alpha value is -2.15. The largest absolute Gasteiger partial charge is 0.394 e. The minimum absolute atomic E-state index is 0.0749. The van der Waals surface area contributed by atoms with Gasteiger partial charge in [0.1, 0.15) is 0 Å². The second-order valence-corrected chi connectivity index (χ2v) is 4.49. The molecule has 7 heteroatoms. The molecule has 0 bridgehead atoms. The number of primary amides is 1. The van der Waals surface area contributed by atoms with E-state index in [4.69, 9.17) is 5.73 Å². The lowest BCUT2D eigenvalue weighted by molar-refractivity contribution is -0.127. The lowest BCUT2D eigenvalue weighted by Crippen LogP contribution is -2.36. The summed E-state index contributed by atoms with van der Waals surface area (Å²) >= 11 is 0. The Bertz CT molecular complexity index is 511. The fourth-order valence-corrected chi connectivity index (χ4v) is 2.31. The van der Waals surface area contributed by atoms with E-state index in [-0.39, 0.29) is 24.6 Å². The van der Waals surface area contributed by atoms with E-state index < -0.39 is 5.91 Å². The molecule has 3 N–H and O–H groups in total. The van der Waals surface area contributed by atoms with Crippen molar-refractivity contribution in [3.63, 3.8) is 0 Å². The SMILES string of the molecule is C=CC(=O)N1C[C@@H](n2cc(C(N)=O)cn2)C[C@@H]1CO. The number of hydrogen-bond donors (Lipinski definition) is 2. The summed E-state index contributed by atoms with van der Waals surface area (Å²) in [6, 6.07) is -0.328. The summed E-state index contributed by atoms with van der Waals surface area (Å²) in [6.45, 7) is 3.76. The van der Waals surface area contributed by atoms with Gasteiger partial charge in [-0.1, -0.05) is 6.58 Å². The van der Waals surface area contributed by atoms with Gasteiger partial charge in [0.25, 0.3) is 5.91 Å². The first-order valence-electron chi connectivity index (χ1n) is 5.94. The van der Waals surface area contributed by atoms with Crippen molar-refractivity contribution < 1.29 is 14.7 Å². The first-order valence-corrected chi connectivity index (χ1v) is 5.94. The predicted octanol–water partition coefficient (Wildman–Crippen LogP) is -0.698. The van der Waals surface area contributed by atoms with E-state index in [0.29, 0.717) is 18.5 Å². The van der Waals surface area contributed by atoms with Gasteiger partial charge in [0.2, 0.25) is 5.91 Å². The van der Waals surface area contributed by atoms with Crippen LogP contribution in [0, 0.1) is 0 Å². The van der Waals surface area contributed by atoms with Crippen molar-refractivity contribution in [3.05, 3.63) is 30.6 Å². The number of hydrogen-bond acceptors (Lipinski definition) is 4. The van der Waals surface area contributed by atoms with Crippen molar-refractivity contribution in [1.29, 1.82) is 0 Å². The molecule has 1 aromatic rings. The summed E-state index contributed by atoms with van der Waals surface area (Å²) in [5.41, 5.74) is 5.49.